The van der Waals surface area contributed by atoms with Gasteiger partial charge in [0.1, 0.15) is 11.9 Å². The fourth-order valence-corrected chi connectivity index (χ4v) is 2.24. The van der Waals surface area contributed by atoms with Gasteiger partial charge in [0.2, 0.25) is 5.91 Å². The molecule has 1 atom stereocenters. The van der Waals surface area contributed by atoms with E-state index in [1.54, 1.807) is 17.9 Å². The third-order valence-corrected chi connectivity index (χ3v) is 3.30. The van der Waals surface area contributed by atoms with Crippen LogP contribution < -0.4 is 10.6 Å². The summed E-state index contributed by atoms with van der Waals surface area (Å²) in [6.07, 6.45) is 2.77. The normalized spacial score (nSPS) is 16.9. The second-order valence-electron chi connectivity index (χ2n) is 4.72. The highest BCUT2D eigenvalue weighted by atomic mass is 16.6. The fraction of sp³-hybridized carbons (Fsp3) is 0.500. The minimum Gasteiger partial charge on any atom is -0.362 e. The summed E-state index contributed by atoms with van der Waals surface area (Å²) in [6.45, 7) is 3.77. The van der Waals surface area contributed by atoms with Crippen molar-refractivity contribution in [2.24, 2.45) is 5.73 Å². The summed E-state index contributed by atoms with van der Waals surface area (Å²) in [5, 5.41) is 11.0. The minimum atomic E-state index is -0.517. The molecule has 8 nitrogen and oxygen atoms in total. The molecule has 0 aromatic carbocycles. The number of hydrogen-bond acceptors (Lipinski definition) is 6. The second kappa shape index (κ2) is 5.83. The van der Waals surface area contributed by atoms with Gasteiger partial charge in [0, 0.05) is 32.4 Å². The van der Waals surface area contributed by atoms with Crippen LogP contribution in [0.1, 0.15) is 6.92 Å². The summed E-state index contributed by atoms with van der Waals surface area (Å²) in [5.74, 6) is -0.0890. The molecule has 0 spiro atoms. The monoisotopic (exact) mass is 279 g/mol. The van der Waals surface area contributed by atoms with Gasteiger partial charge in [0.15, 0.2) is 0 Å². The van der Waals surface area contributed by atoms with Crippen LogP contribution in [-0.2, 0) is 4.79 Å². The van der Waals surface area contributed by atoms with Gasteiger partial charge < -0.3 is 15.5 Å². The zero-order valence-corrected chi connectivity index (χ0v) is 11.2. The molecule has 2 N–H and O–H groups in total. The molecule has 1 aliphatic rings. The lowest BCUT2D eigenvalue weighted by molar-refractivity contribution is -0.384. The van der Waals surface area contributed by atoms with Crippen LogP contribution in [-0.4, -0.2) is 52.9 Å². The number of carbonyl (C=O) groups is 1. The van der Waals surface area contributed by atoms with Crippen molar-refractivity contribution in [3.8, 4) is 0 Å². The van der Waals surface area contributed by atoms with E-state index in [-0.39, 0.29) is 11.6 Å². The summed E-state index contributed by atoms with van der Waals surface area (Å²) in [7, 11) is 0. The van der Waals surface area contributed by atoms with Crippen LogP contribution in [0.4, 0.5) is 11.4 Å². The maximum Gasteiger partial charge on any atom is 0.310 e. The molecule has 1 saturated heterocycles. The lowest BCUT2D eigenvalue weighted by atomic mass is 10.2. The van der Waals surface area contributed by atoms with E-state index in [2.05, 4.69) is 4.98 Å². The third kappa shape index (κ3) is 2.85. The van der Waals surface area contributed by atoms with Gasteiger partial charge in [-0.1, -0.05) is 0 Å². The van der Waals surface area contributed by atoms with Crippen molar-refractivity contribution in [2.75, 3.05) is 31.1 Å². The van der Waals surface area contributed by atoms with Crippen molar-refractivity contribution >= 4 is 17.3 Å². The van der Waals surface area contributed by atoms with E-state index in [4.69, 9.17) is 5.73 Å². The van der Waals surface area contributed by atoms with Crippen molar-refractivity contribution in [1.82, 2.24) is 9.88 Å². The van der Waals surface area contributed by atoms with E-state index in [0.29, 0.717) is 31.9 Å². The minimum absolute atomic E-state index is 0.0144. The molecule has 1 fully saturated rings. The molecule has 1 amide bonds. The van der Waals surface area contributed by atoms with E-state index < -0.39 is 11.0 Å². The molecular formula is C12H17N5O3. The average Bonchev–Trinajstić information content (AvgIpc) is 2.46. The summed E-state index contributed by atoms with van der Waals surface area (Å²) in [6, 6.07) is 1.11. The number of nitrogens with two attached hydrogens (primary N) is 1. The van der Waals surface area contributed by atoms with Crippen LogP contribution in [0.25, 0.3) is 0 Å². The Morgan fingerprint density at radius 3 is 2.65 bits per heavy atom. The Kier molecular flexibility index (Phi) is 4.14. The van der Waals surface area contributed by atoms with Gasteiger partial charge in [-0.2, -0.15) is 0 Å². The van der Waals surface area contributed by atoms with Gasteiger partial charge in [-0.25, -0.2) is 0 Å². The number of anilines is 1. The quantitative estimate of drug-likeness (QED) is 0.616. The van der Waals surface area contributed by atoms with Gasteiger partial charge in [-0.15, -0.1) is 0 Å². The first kappa shape index (κ1) is 14.2. The van der Waals surface area contributed by atoms with Crippen molar-refractivity contribution in [1.29, 1.82) is 0 Å². The third-order valence-electron chi connectivity index (χ3n) is 3.30. The molecule has 1 aliphatic heterocycles. The number of nitro groups is 1. The molecule has 1 aromatic rings. The van der Waals surface area contributed by atoms with E-state index in [1.165, 1.54) is 12.4 Å². The Labute approximate surface area is 116 Å². The highest BCUT2D eigenvalue weighted by molar-refractivity contribution is 5.81. The van der Waals surface area contributed by atoms with Gasteiger partial charge in [-0.05, 0) is 13.0 Å². The largest absolute Gasteiger partial charge is 0.362 e. The Bertz CT molecular complexity index is 512. The summed E-state index contributed by atoms with van der Waals surface area (Å²) in [5.41, 5.74) is 6.10. The lowest BCUT2D eigenvalue weighted by Crippen LogP contribution is -2.52. The maximum atomic E-state index is 11.8. The Hall–Kier alpha value is -2.22. The van der Waals surface area contributed by atoms with E-state index >= 15 is 0 Å². The van der Waals surface area contributed by atoms with E-state index in [1.807, 2.05) is 4.90 Å². The van der Waals surface area contributed by atoms with Crippen LogP contribution in [0, 0.1) is 10.1 Å². The van der Waals surface area contributed by atoms with Crippen molar-refractivity contribution in [3.05, 3.63) is 28.6 Å². The Morgan fingerprint density at radius 1 is 1.45 bits per heavy atom. The molecule has 1 aromatic heterocycles. The molecule has 20 heavy (non-hydrogen) atoms. The number of rotatable bonds is 3. The first-order valence-corrected chi connectivity index (χ1v) is 6.38. The van der Waals surface area contributed by atoms with Crippen LogP contribution >= 0.6 is 0 Å². The topological polar surface area (TPSA) is 106 Å². The Morgan fingerprint density at radius 2 is 2.10 bits per heavy atom. The SMILES string of the molecule is CC(N)C(=O)N1CCN(c2ccncc2[N+](=O)[O-])CC1. The molecule has 108 valence electrons. The van der Waals surface area contributed by atoms with Crippen LogP contribution in [0.3, 0.4) is 0 Å². The molecule has 2 heterocycles. The molecule has 0 aliphatic carbocycles. The number of amides is 1. The lowest BCUT2D eigenvalue weighted by Gasteiger charge is -2.36. The number of pyridine rings is 1. The molecule has 0 radical (unpaired) electrons. The molecular weight excluding hydrogens is 262 g/mol. The molecule has 0 saturated carbocycles. The fourth-order valence-electron chi connectivity index (χ4n) is 2.24. The molecule has 0 bridgehead atoms. The van der Waals surface area contributed by atoms with Crippen LogP contribution in [0.5, 0.6) is 0 Å². The van der Waals surface area contributed by atoms with Gasteiger partial charge in [0.05, 0.1) is 11.0 Å². The van der Waals surface area contributed by atoms with Crippen molar-refractivity contribution in [2.45, 2.75) is 13.0 Å². The average molecular weight is 279 g/mol. The van der Waals surface area contributed by atoms with E-state index in [0.717, 1.165) is 0 Å². The van der Waals surface area contributed by atoms with Gasteiger partial charge >= 0.3 is 5.69 Å². The molecule has 1 unspecified atom stereocenters. The van der Waals surface area contributed by atoms with E-state index in [9.17, 15) is 14.9 Å². The summed E-state index contributed by atoms with van der Waals surface area (Å²) < 4.78 is 0. The predicted octanol–water partition coefficient (Wildman–Crippen LogP) is -0.0144. The second-order valence-corrected chi connectivity index (χ2v) is 4.72. The van der Waals surface area contributed by atoms with Crippen LogP contribution in [0.15, 0.2) is 18.5 Å². The number of aromatic nitrogens is 1. The summed E-state index contributed by atoms with van der Waals surface area (Å²) >= 11 is 0. The first-order valence-electron chi connectivity index (χ1n) is 6.38. The smallest absolute Gasteiger partial charge is 0.310 e. The van der Waals surface area contributed by atoms with Gasteiger partial charge in [-0.3, -0.25) is 19.9 Å². The maximum absolute atomic E-state index is 11.8. The summed E-state index contributed by atoms with van der Waals surface area (Å²) in [4.78, 5) is 29.7. The van der Waals surface area contributed by atoms with Crippen molar-refractivity contribution in [3.63, 3.8) is 0 Å². The zero-order valence-electron chi connectivity index (χ0n) is 11.2. The standard InChI is InChI=1S/C12H17N5O3/c1-9(13)12(18)16-6-4-15(5-7-16)10-2-3-14-8-11(10)17(19)20/h2-3,8-9H,4-7,13H2,1H3. The zero-order chi connectivity index (χ0) is 14.7. The first-order chi connectivity index (χ1) is 9.50. The number of carbonyl (C=O) groups excluding carboxylic acids is 1. The van der Waals surface area contributed by atoms with Crippen LogP contribution in [0.2, 0.25) is 0 Å². The molecule has 2 rings (SSSR count). The number of piperazine rings is 1. The highest BCUT2D eigenvalue weighted by Crippen LogP contribution is 2.27. The Balaban J connectivity index is 2.08. The van der Waals surface area contributed by atoms with Crippen molar-refractivity contribution < 1.29 is 9.72 Å². The number of nitrogens with zero attached hydrogens (tertiary/aromatic N) is 4. The molecule has 8 heteroatoms. The highest BCUT2D eigenvalue weighted by Gasteiger charge is 2.26. The van der Waals surface area contributed by atoms with Gasteiger partial charge in [0.25, 0.3) is 0 Å². The predicted molar refractivity (Wildman–Crippen MR) is 73.3 cm³/mol. The number of hydrogen-bond donors (Lipinski definition) is 1.